The molecule has 3 heteroatoms. The van der Waals surface area contributed by atoms with Gasteiger partial charge < -0.3 is 5.11 Å². The summed E-state index contributed by atoms with van der Waals surface area (Å²) in [7, 11) is 1.86. The van der Waals surface area contributed by atoms with Gasteiger partial charge in [-0.1, -0.05) is 17.7 Å². The third-order valence-corrected chi connectivity index (χ3v) is 3.37. The summed E-state index contributed by atoms with van der Waals surface area (Å²) >= 11 is 0. The minimum Gasteiger partial charge on any atom is -0.395 e. The number of aryl methyl sites for hydroxylation is 3. The Bertz CT molecular complexity index is 417. The Balaban J connectivity index is 2.92. The van der Waals surface area contributed by atoms with E-state index in [0.717, 1.165) is 16.7 Å². The molecule has 0 aliphatic rings. The van der Waals surface area contributed by atoms with Gasteiger partial charge in [0.15, 0.2) is 5.78 Å². The van der Waals surface area contributed by atoms with E-state index in [1.807, 2.05) is 51.8 Å². The van der Waals surface area contributed by atoms with Crippen molar-refractivity contribution in [2.45, 2.75) is 33.7 Å². The lowest BCUT2D eigenvalue weighted by Gasteiger charge is -2.22. The summed E-state index contributed by atoms with van der Waals surface area (Å²) in [6, 6.07) is 4.07. The lowest BCUT2D eigenvalue weighted by Crippen LogP contribution is -2.36. The van der Waals surface area contributed by atoms with Gasteiger partial charge in [-0.3, -0.25) is 9.69 Å². The van der Waals surface area contributed by atoms with E-state index >= 15 is 0 Å². The Kier molecular flexibility index (Phi) is 5.05. The standard InChI is InChI=1S/C15H23NO2/c1-10-6-11(2)15(12(3)7-10)14(18)8-16(5)13(4)9-17/h6-7,13,17H,8-9H2,1-5H3. The van der Waals surface area contributed by atoms with Gasteiger partial charge in [0.1, 0.15) is 0 Å². The zero-order valence-corrected chi connectivity index (χ0v) is 11.9. The Morgan fingerprint density at radius 1 is 1.28 bits per heavy atom. The average Bonchev–Trinajstić information content (AvgIpc) is 2.26. The van der Waals surface area contributed by atoms with Gasteiger partial charge in [0.05, 0.1) is 13.2 Å². The number of rotatable bonds is 5. The summed E-state index contributed by atoms with van der Waals surface area (Å²) in [6.45, 7) is 8.30. The van der Waals surface area contributed by atoms with Crippen LogP contribution in [0.5, 0.6) is 0 Å². The van der Waals surface area contributed by atoms with Crippen molar-refractivity contribution in [1.29, 1.82) is 0 Å². The second kappa shape index (κ2) is 6.12. The lowest BCUT2D eigenvalue weighted by molar-refractivity contribution is 0.0889. The summed E-state index contributed by atoms with van der Waals surface area (Å²) in [6.07, 6.45) is 0. The zero-order chi connectivity index (χ0) is 13.9. The molecule has 0 heterocycles. The first-order valence-corrected chi connectivity index (χ1v) is 6.29. The first-order valence-electron chi connectivity index (χ1n) is 6.29. The fourth-order valence-corrected chi connectivity index (χ4v) is 2.22. The van der Waals surface area contributed by atoms with Crippen LogP contribution >= 0.6 is 0 Å². The number of hydrogen-bond donors (Lipinski definition) is 1. The minimum absolute atomic E-state index is 0.00000982. The van der Waals surface area contributed by atoms with E-state index < -0.39 is 0 Å². The average molecular weight is 249 g/mol. The second-order valence-electron chi connectivity index (χ2n) is 5.14. The first kappa shape index (κ1) is 14.9. The number of carbonyl (C=O) groups excluding carboxylic acids is 1. The topological polar surface area (TPSA) is 40.5 Å². The van der Waals surface area contributed by atoms with E-state index in [1.54, 1.807) is 0 Å². The van der Waals surface area contributed by atoms with Crippen LogP contribution in [0.25, 0.3) is 0 Å². The molecule has 1 unspecified atom stereocenters. The van der Waals surface area contributed by atoms with Crippen LogP contribution in [0, 0.1) is 20.8 Å². The Hall–Kier alpha value is -1.19. The smallest absolute Gasteiger partial charge is 0.177 e. The summed E-state index contributed by atoms with van der Waals surface area (Å²) in [5.41, 5.74) is 4.06. The predicted molar refractivity (Wildman–Crippen MR) is 74.2 cm³/mol. The molecule has 0 bridgehead atoms. The first-order chi connectivity index (χ1) is 8.36. The maximum Gasteiger partial charge on any atom is 0.177 e. The van der Waals surface area contributed by atoms with E-state index in [1.165, 1.54) is 5.56 Å². The third kappa shape index (κ3) is 3.40. The van der Waals surface area contributed by atoms with Crippen LogP contribution in [0.1, 0.15) is 34.0 Å². The van der Waals surface area contributed by atoms with Crippen molar-refractivity contribution in [1.82, 2.24) is 4.90 Å². The monoisotopic (exact) mass is 249 g/mol. The van der Waals surface area contributed by atoms with Crippen molar-refractivity contribution in [3.63, 3.8) is 0 Å². The lowest BCUT2D eigenvalue weighted by atomic mass is 9.96. The molecule has 1 N–H and O–H groups in total. The largest absolute Gasteiger partial charge is 0.395 e. The SMILES string of the molecule is Cc1cc(C)c(C(=O)CN(C)C(C)CO)c(C)c1. The van der Waals surface area contributed by atoms with Crippen LogP contribution < -0.4 is 0 Å². The van der Waals surface area contributed by atoms with Gasteiger partial charge in [-0.15, -0.1) is 0 Å². The molecule has 0 saturated heterocycles. The molecule has 0 aliphatic heterocycles. The van der Waals surface area contributed by atoms with E-state index in [9.17, 15) is 4.79 Å². The van der Waals surface area contributed by atoms with Crippen molar-refractivity contribution in [3.8, 4) is 0 Å². The van der Waals surface area contributed by atoms with Gasteiger partial charge in [-0.2, -0.15) is 0 Å². The van der Waals surface area contributed by atoms with Gasteiger partial charge in [0, 0.05) is 11.6 Å². The maximum absolute atomic E-state index is 12.3. The Morgan fingerprint density at radius 3 is 2.22 bits per heavy atom. The van der Waals surface area contributed by atoms with Gasteiger partial charge in [-0.05, 0) is 45.9 Å². The number of likely N-dealkylation sites (N-methyl/N-ethyl adjacent to an activating group) is 1. The van der Waals surface area contributed by atoms with Crippen LogP contribution in [0.2, 0.25) is 0 Å². The highest BCUT2D eigenvalue weighted by Gasteiger charge is 2.17. The van der Waals surface area contributed by atoms with Crippen molar-refractivity contribution >= 4 is 5.78 Å². The molecule has 1 aromatic rings. The van der Waals surface area contributed by atoms with Gasteiger partial charge in [0.25, 0.3) is 0 Å². The highest BCUT2D eigenvalue weighted by atomic mass is 16.3. The zero-order valence-electron chi connectivity index (χ0n) is 11.9. The summed E-state index contributed by atoms with van der Waals surface area (Å²) in [5.74, 6) is 0.118. The van der Waals surface area contributed by atoms with Crippen LogP contribution in [-0.4, -0.2) is 42.0 Å². The molecule has 100 valence electrons. The van der Waals surface area contributed by atoms with Gasteiger partial charge >= 0.3 is 0 Å². The number of carbonyl (C=O) groups is 1. The molecule has 0 fully saturated rings. The molecule has 0 aromatic heterocycles. The fourth-order valence-electron chi connectivity index (χ4n) is 2.22. The molecule has 0 amide bonds. The number of hydrogen-bond acceptors (Lipinski definition) is 3. The van der Waals surface area contributed by atoms with E-state index in [4.69, 9.17) is 5.11 Å². The number of Topliss-reactive ketones (excluding diaryl/α,β-unsaturated/α-hetero) is 1. The van der Waals surface area contributed by atoms with Gasteiger partial charge in [-0.25, -0.2) is 0 Å². The molecule has 1 rings (SSSR count). The molecular formula is C15H23NO2. The number of ketones is 1. The van der Waals surface area contributed by atoms with Crippen molar-refractivity contribution < 1.29 is 9.90 Å². The molecular weight excluding hydrogens is 226 g/mol. The van der Waals surface area contributed by atoms with Crippen LogP contribution in [0.4, 0.5) is 0 Å². The molecule has 0 aliphatic carbocycles. The Labute approximate surface area is 109 Å². The Morgan fingerprint density at radius 2 is 1.78 bits per heavy atom. The van der Waals surface area contributed by atoms with Crippen LogP contribution in [0.3, 0.4) is 0 Å². The number of aliphatic hydroxyl groups excluding tert-OH is 1. The third-order valence-electron chi connectivity index (χ3n) is 3.37. The van der Waals surface area contributed by atoms with E-state index in [0.29, 0.717) is 6.54 Å². The van der Waals surface area contributed by atoms with Crippen LogP contribution in [-0.2, 0) is 0 Å². The highest BCUT2D eigenvalue weighted by molar-refractivity contribution is 6.00. The second-order valence-corrected chi connectivity index (χ2v) is 5.14. The quantitative estimate of drug-likeness (QED) is 0.813. The van der Waals surface area contributed by atoms with Crippen molar-refractivity contribution in [3.05, 3.63) is 34.4 Å². The molecule has 0 spiro atoms. The fraction of sp³-hybridized carbons (Fsp3) is 0.533. The molecule has 3 nitrogen and oxygen atoms in total. The van der Waals surface area contributed by atoms with E-state index in [2.05, 4.69) is 0 Å². The molecule has 18 heavy (non-hydrogen) atoms. The minimum atomic E-state index is 0.00000982. The molecule has 0 saturated carbocycles. The number of benzene rings is 1. The molecule has 0 radical (unpaired) electrons. The number of aliphatic hydroxyl groups is 1. The van der Waals surface area contributed by atoms with Crippen molar-refractivity contribution in [2.24, 2.45) is 0 Å². The van der Waals surface area contributed by atoms with Crippen molar-refractivity contribution in [2.75, 3.05) is 20.2 Å². The van der Waals surface area contributed by atoms with Gasteiger partial charge in [0.2, 0.25) is 0 Å². The summed E-state index contributed by atoms with van der Waals surface area (Å²) in [5, 5.41) is 9.08. The maximum atomic E-state index is 12.3. The number of nitrogens with zero attached hydrogens (tertiary/aromatic N) is 1. The molecule has 1 aromatic carbocycles. The molecule has 1 atom stereocenters. The summed E-state index contributed by atoms with van der Waals surface area (Å²) < 4.78 is 0. The predicted octanol–water partition coefficient (Wildman–Crippen LogP) is 2.11. The highest BCUT2D eigenvalue weighted by Crippen LogP contribution is 2.17. The summed E-state index contributed by atoms with van der Waals surface area (Å²) in [4.78, 5) is 14.2. The van der Waals surface area contributed by atoms with Crippen LogP contribution in [0.15, 0.2) is 12.1 Å². The van der Waals surface area contributed by atoms with E-state index in [-0.39, 0.29) is 18.4 Å². The normalized spacial score (nSPS) is 12.8.